The number of benzene rings is 1. The Morgan fingerprint density at radius 1 is 1.26 bits per heavy atom. The van der Waals surface area contributed by atoms with Crippen molar-refractivity contribution in [1.29, 1.82) is 0 Å². The van der Waals surface area contributed by atoms with Gasteiger partial charge in [-0.15, -0.1) is 11.3 Å². The van der Waals surface area contributed by atoms with Gasteiger partial charge in [0.05, 0.1) is 5.69 Å². The van der Waals surface area contributed by atoms with E-state index in [2.05, 4.69) is 59.1 Å². The molecule has 19 heavy (non-hydrogen) atoms. The molecule has 0 saturated carbocycles. The topological polar surface area (TPSA) is 43.3 Å². The second-order valence-electron chi connectivity index (χ2n) is 4.99. The Kier molecular flexibility index (Phi) is 3.12. The van der Waals surface area contributed by atoms with E-state index in [0.717, 1.165) is 21.9 Å². The van der Waals surface area contributed by atoms with E-state index in [1.165, 1.54) is 5.56 Å². The van der Waals surface area contributed by atoms with Crippen molar-refractivity contribution in [3.8, 4) is 11.3 Å². The Bertz CT molecular complexity index is 692. The van der Waals surface area contributed by atoms with E-state index in [-0.39, 0.29) is 0 Å². The van der Waals surface area contributed by atoms with Crippen molar-refractivity contribution in [2.45, 2.75) is 26.3 Å². The molecular weight excluding hydrogens is 254 g/mol. The number of hydrogen-bond donors (Lipinski definition) is 1. The van der Waals surface area contributed by atoms with Crippen LogP contribution in [0.3, 0.4) is 0 Å². The summed E-state index contributed by atoms with van der Waals surface area (Å²) in [7, 11) is 0. The van der Waals surface area contributed by atoms with Gasteiger partial charge in [-0.1, -0.05) is 38.1 Å². The molecular formula is C15H17N3S. The third kappa shape index (κ3) is 2.17. The van der Waals surface area contributed by atoms with Gasteiger partial charge in [-0.25, -0.2) is 4.98 Å². The first-order valence-electron chi connectivity index (χ1n) is 6.45. The summed E-state index contributed by atoms with van der Waals surface area (Å²) in [5.74, 6) is 0.559. The van der Waals surface area contributed by atoms with Crippen molar-refractivity contribution in [3.63, 3.8) is 0 Å². The van der Waals surface area contributed by atoms with Crippen LogP contribution < -0.4 is 5.73 Å². The van der Waals surface area contributed by atoms with E-state index < -0.39 is 0 Å². The lowest BCUT2D eigenvalue weighted by atomic mass is 10.0. The summed E-state index contributed by atoms with van der Waals surface area (Å²) in [5.41, 5.74) is 10.3. The van der Waals surface area contributed by atoms with Gasteiger partial charge in [0.15, 0.2) is 4.96 Å². The zero-order valence-electron chi connectivity index (χ0n) is 11.1. The summed E-state index contributed by atoms with van der Waals surface area (Å²) < 4.78 is 2.08. The zero-order chi connectivity index (χ0) is 13.4. The quantitative estimate of drug-likeness (QED) is 0.790. The van der Waals surface area contributed by atoms with E-state index in [0.29, 0.717) is 12.5 Å². The van der Waals surface area contributed by atoms with Crippen molar-refractivity contribution in [2.75, 3.05) is 0 Å². The molecule has 3 aromatic rings. The predicted octanol–water partition coefficient (Wildman–Crippen LogP) is 3.64. The van der Waals surface area contributed by atoms with E-state index in [9.17, 15) is 0 Å². The number of fused-ring (bicyclic) bond motifs is 1. The maximum Gasteiger partial charge on any atom is 0.194 e. The second kappa shape index (κ2) is 4.79. The molecule has 0 aliphatic heterocycles. The molecule has 0 aliphatic carbocycles. The summed E-state index contributed by atoms with van der Waals surface area (Å²) in [6, 6.07) is 8.64. The van der Waals surface area contributed by atoms with Gasteiger partial charge in [0.1, 0.15) is 0 Å². The standard InChI is InChI=1S/C15H17N3S/c1-10(2)11-3-5-12(6-4-11)14-8-18-13(7-16)9-19-15(18)17-14/h3-6,8-10H,7,16H2,1-2H3. The van der Waals surface area contributed by atoms with Crippen LogP contribution in [0.15, 0.2) is 35.8 Å². The fraction of sp³-hybridized carbons (Fsp3) is 0.267. The largest absolute Gasteiger partial charge is 0.325 e. The van der Waals surface area contributed by atoms with Crippen molar-refractivity contribution in [2.24, 2.45) is 5.73 Å². The summed E-state index contributed by atoms with van der Waals surface area (Å²) in [4.78, 5) is 5.66. The van der Waals surface area contributed by atoms with Crippen LogP contribution >= 0.6 is 11.3 Å². The molecule has 0 bridgehead atoms. The summed E-state index contributed by atoms with van der Waals surface area (Å²) in [6.45, 7) is 4.95. The van der Waals surface area contributed by atoms with E-state index in [1.54, 1.807) is 11.3 Å². The summed E-state index contributed by atoms with van der Waals surface area (Å²) in [5, 5.41) is 2.06. The molecule has 0 amide bonds. The van der Waals surface area contributed by atoms with Gasteiger partial charge >= 0.3 is 0 Å². The van der Waals surface area contributed by atoms with E-state index >= 15 is 0 Å². The number of hydrogen-bond acceptors (Lipinski definition) is 3. The number of nitrogens with two attached hydrogens (primary N) is 1. The van der Waals surface area contributed by atoms with Gasteiger partial charge in [0.2, 0.25) is 0 Å². The van der Waals surface area contributed by atoms with Crippen LogP contribution in [0, 0.1) is 0 Å². The molecule has 0 aliphatic rings. The number of rotatable bonds is 3. The molecule has 0 radical (unpaired) electrons. The lowest BCUT2D eigenvalue weighted by molar-refractivity contribution is 0.867. The van der Waals surface area contributed by atoms with Gasteiger partial charge in [-0.3, -0.25) is 4.40 Å². The van der Waals surface area contributed by atoms with Gasteiger partial charge in [-0.2, -0.15) is 0 Å². The third-order valence-corrected chi connectivity index (χ3v) is 4.25. The molecule has 0 unspecified atom stereocenters. The summed E-state index contributed by atoms with van der Waals surface area (Å²) >= 11 is 1.63. The fourth-order valence-electron chi connectivity index (χ4n) is 2.15. The van der Waals surface area contributed by atoms with Gasteiger partial charge < -0.3 is 5.73 Å². The number of aromatic nitrogens is 2. The highest BCUT2D eigenvalue weighted by Crippen LogP contribution is 2.25. The van der Waals surface area contributed by atoms with Crippen LogP contribution in [-0.4, -0.2) is 9.38 Å². The van der Waals surface area contributed by atoms with Gasteiger partial charge in [0, 0.05) is 29.4 Å². The maximum atomic E-state index is 5.72. The molecule has 3 nitrogen and oxygen atoms in total. The highest BCUT2D eigenvalue weighted by Gasteiger charge is 2.09. The average molecular weight is 271 g/mol. The Morgan fingerprint density at radius 3 is 2.63 bits per heavy atom. The predicted molar refractivity (Wildman–Crippen MR) is 80.5 cm³/mol. The molecule has 1 aromatic carbocycles. The molecule has 2 N–H and O–H groups in total. The van der Waals surface area contributed by atoms with E-state index in [4.69, 9.17) is 5.73 Å². The van der Waals surface area contributed by atoms with Crippen LogP contribution in [0.2, 0.25) is 0 Å². The molecule has 0 atom stereocenters. The average Bonchev–Trinajstić information content (AvgIpc) is 2.98. The molecule has 0 fully saturated rings. The van der Waals surface area contributed by atoms with Crippen molar-refractivity contribution in [3.05, 3.63) is 47.1 Å². The van der Waals surface area contributed by atoms with E-state index in [1.807, 2.05) is 0 Å². The van der Waals surface area contributed by atoms with Crippen LogP contribution in [0.25, 0.3) is 16.2 Å². The zero-order valence-corrected chi connectivity index (χ0v) is 11.9. The SMILES string of the molecule is CC(C)c1ccc(-c2cn3c(CN)csc3n2)cc1. The van der Waals surface area contributed by atoms with Crippen molar-refractivity contribution >= 4 is 16.3 Å². The highest BCUT2D eigenvalue weighted by molar-refractivity contribution is 7.15. The minimum atomic E-state index is 0.544. The third-order valence-electron chi connectivity index (χ3n) is 3.37. The number of thiazole rings is 1. The number of nitrogens with zero attached hydrogens (tertiary/aromatic N) is 2. The first-order valence-corrected chi connectivity index (χ1v) is 7.33. The minimum absolute atomic E-state index is 0.544. The molecule has 3 rings (SSSR count). The maximum absolute atomic E-state index is 5.72. The molecule has 2 heterocycles. The molecule has 2 aromatic heterocycles. The fourth-order valence-corrected chi connectivity index (χ4v) is 3.04. The molecule has 4 heteroatoms. The normalized spacial score (nSPS) is 11.6. The molecule has 0 spiro atoms. The van der Waals surface area contributed by atoms with Crippen LogP contribution in [0.1, 0.15) is 31.0 Å². The lowest BCUT2D eigenvalue weighted by Gasteiger charge is -2.05. The van der Waals surface area contributed by atoms with Crippen LogP contribution in [0.4, 0.5) is 0 Å². The first-order chi connectivity index (χ1) is 9.19. The Balaban J connectivity index is 2.01. The number of imidazole rings is 1. The minimum Gasteiger partial charge on any atom is -0.325 e. The smallest absolute Gasteiger partial charge is 0.194 e. The van der Waals surface area contributed by atoms with Gasteiger partial charge in [-0.05, 0) is 11.5 Å². The van der Waals surface area contributed by atoms with Crippen LogP contribution in [-0.2, 0) is 6.54 Å². The lowest BCUT2D eigenvalue weighted by Crippen LogP contribution is -1.98. The second-order valence-corrected chi connectivity index (χ2v) is 5.82. The Morgan fingerprint density at radius 2 is 2.00 bits per heavy atom. The van der Waals surface area contributed by atoms with Crippen molar-refractivity contribution in [1.82, 2.24) is 9.38 Å². The Labute approximate surface area is 116 Å². The monoisotopic (exact) mass is 271 g/mol. The van der Waals surface area contributed by atoms with Crippen LogP contribution in [0.5, 0.6) is 0 Å². The Hall–Kier alpha value is -1.65. The summed E-state index contributed by atoms with van der Waals surface area (Å²) in [6.07, 6.45) is 2.07. The highest BCUT2D eigenvalue weighted by atomic mass is 32.1. The van der Waals surface area contributed by atoms with Gasteiger partial charge in [0.25, 0.3) is 0 Å². The van der Waals surface area contributed by atoms with Crippen molar-refractivity contribution < 1.29 is 0 Å². The molecule has 0 saturated heterocycles. The first kappa shape index (κ1) is 12.4. The molecule has 98 valence electrons.